The first kappa shape index (κ1) is 21.5. The summed E-state index contributed by atoms with van der Waals surface area (Å²) in [6, 6.07) is 20.8. The maximum absolute atomic E-state index is 13.3. The van der Waals surface area contributed by atoms with Crippen molar-refractivity contribution in [1.29, 1.82) is 0 Å². The van der Waals surface area contributed by atoms with Gasteiger partial charge in [0, 0.05) is 11.3 Å². The summed E-state index contributed by atoms with van der Waals surface area (Å²) < 4.78 is 11.2. The van der Waals surface area contributed by atoms with Crippen LogP contribution in [0, 0.1) is 0 Å². The highest BCUT2D eigenvalue weighted by Gasteiger charge is 2.49. The van der Waals surface area contributed by atoms with E-state index in [4.69, 9.17) is 9.47 Å². The van der Waals surface area contributed by atoms with Crippen LogP contribution in [0.5, 0.6) is 11.5 Å². The quantitative estimate of drug-likeness (QED) is 0.570. The smallest absolute Gasteiger partial charge is 0.325 e. The molecule has 34 heavy (non-hydrogen) atoms. The predicted octanol–water partition coefficient (Wildman–Crippen LogP) is 3.68. The zero-order valence-electron chi connectivity index (χ0n) is 18.5. The number of urea groups is 1. The second kappa shape index (κ2) is 8.55. The van der Waals surface area contributed by atoms with E-state index in [-0.39, 0.29) is 18.4 Å². The fraction of sp³-hybridized carbons (Fsp3) is 0.192. The van der Waals surface area contributed by atoms with Crippen molar-refractivity contribution in [2.75, 3.05) is 18.5 Å². The van der Waals surface area contributed by atoms with Crippen molar-refractivity contribution < 1.29 is 23.9 Å². The number of nitrogens with zero attached hydrogens (tertiary/aromatic N) is 1. The van der Waals surface area contributed by atoms with Crippen molar-refractivity contribution >= 4 is 23.5 Å². The van der Waals surface area contributed by atoms with Crippen LogP contribution in [0.1, 0.15) is 28.4 Å². The van der Waals surface area contributed by atoms with E-state index in [1.165, 1.54) is 4.90 Å². The van der Waals surface area contributed by atoms with Crippen molar-refractivity contribution in [3.63, 3.8) is 0 Å². The Morgan fingerprint density at radius 2 is 1.68 bits per heavy atom. The molecule has 0 bridgehead atoms. The fourth-order valence-electron chi connectivity index (χ4n) is 4.06. The van der Waals surface area contributed by atoms with Gasteiger partial charge in [-0.2, -0.15) is 0 Å². The lowest BCUT2D eigenvalue weighted by molar-refractivity contribution is -0.131. The van der Waals surface area contributed by atoms with Gasteiger partial charge in [0.15, 0.2) is 11.5 Å². The van der Waals surface area contributed by atoms with Crippen LogP contribution in [0.2, 0.25) is 0 Å². The molecular formula is C26H23N3O5. The first-order valence-electron chi connectivity index (χ1n) is 10.9. The molecule has 3 aromatic carbocycles. The Labute approximate surface area is 196 Å². The number of para-hydroxylation sites is 1. The molecule has 3 aromatic rings. The van der Waals surface area contributed by atoms with Crippen LogP contribution in [0.4, 0.5) is 10.5 Å². The molecular weight excluding hydrogens is 434 g/mol. The highest BCUT2D eigenvalue weighted by atomic mass is 16.6. The van der Waals surface area contributed by atoms with E-state index in [1.54, 1.807) is 49.4 Å². The monoisotopic (exact) mass is 457 g/mol. The minimum Gasteiger partial charge on any atom is -0.486 e. The van der Waals surface area contributed by atoms with E-state index in [2.05, 4.69) is 10.6 Å². The van der Waals surface area contributed by atoms with Crippen molar-refractivity contribution in [2.24, 2.45) is 0 Å². The third kappa shape index (κ3) is 3.94. The lowest BCUT2D eigenvalue weighted by Gasteiger charge is -2.25. The summed E-state index contributed by atoms with van der Waals surface area (Å²) in [6.07, 6.45) is 0. The SMILES string of the molecule is C[C@@]1(c2ccc3c(c2)OCCO3)NC(=O)N(Cc2ccc(C(=O)Nc3ccccc3)cc2)C1=O. The van der Waals surface area contributed by atoms with Crippen molar-refractivity contribution in [3.8, 4) is 11.5 Å². The maximum atomic E-state index is 13.3. The summed E-state index contributed by atoms with van der Waals surface area (Å²) >= 11 is 0. The van der Waals surface area contributed by atoms with Crippen LogP contribution in [0.25, 0.3) is 0 Å². The van der Waals surface area contributed by atoms with Crippen molar-refractivity contribution in [2.45, 2.75) is 19.0 Å². The van der Waals surface area contributed by atoms with Gasteiger partial charge in [0.05, 0.1) is 6.54 Å². The van der Waals surface area contributed by atoms with Crippen LogP contribution >= 0.6 is 0 Å². The number of carbonyl (C=O) groups excluding carboxylic acids is 3. The zero-order chi connectivity index (χ0) is 23.7. The van der Waals surface area contributed by atoms with Gasteiger partial charge >= 0.3 is 6.03 Å². The third-order valence-corrected chi connectivity index (χ3v) is 5.98. The number of amides is 4. The van der Waals surface area contributed by atoms with Crippen LogP contribution in [-0.4, -0.2) is 36.0 Å². The van der Waals surface area contributed by atoms with Gasteiger partial charge in [0.1, 0.15) is 18.8 Å². The van der Waals surface area contributed by atoms with Crippen molar-refractivity contribution in [3.05, 3.63) is 89.5 Å². The molecule has 1 saturated heterocycles. The molecule has 2 aliphatic heterocycles. The number of ether oxygens (including phenoxy) is 2. The second-order valence-corrected chi connectivity index (χ2v) is 8.32. The van der Waals surface area contributed by atoms with E-state index in [1.807, 2.05) is 30.3 Å². The number of hydrogen-bond donors (Lipinski definition) is 2. The number of carbonyl (C=O) groups is 3. The molecule has 0 aromatic heterocycles. The van der Waals surface area contributed by atoms with Gasteiger partial charge < -0.3 is 20.1 Å². The predicted molar refractivity (Wildman–Crippen MR) is 125 cm³/mol. The van der Waals surface area contributed by atoms with Gasteiger partial charge in [-0.1, -0.05) is 36.4 Å². The van der Waals surface area contributed by atoms with Crippen LogP contribution in [0.3, 0.4) is 0 Å². The minimum absolute atomic E-state index is 0.0887. The highest BCUT2D eigenvalue weighted by molar-refractivity contribution is 6.07. The van der Waals surface area contributed by atoms with Gasteiger partial charge in [0.25, 0.3) is 11.8 Å². The van der Waals surface area contributed by atoms with Crippen LogP contribution in [0.15, 0.2) is 72.8 Å². The minimum atomic E-state index is -1.22. The Morgan fingerprint density at radius 1 is 0.971 bits per heavy atom. The van der Waals surface area contributed by atoms with Gasteiger partial charge in [-0.05, 0) is 54.4 Å². The molecule has 4 amide bonds. The molecule has 5 rings (SSSR count). The van der Waals surface area contributed by atoms with E-state index < -0.39 is 11.6 Å². The third-order valence-electron chi connectivity index (χ3n) is 5.98. The fourth-order valence-corrected chi connectivity index (χ4v) is 4.06. The topological polar surface area (TPSA) is 97.0 Å². The van der Waals surface area contributed by atoms with Gasteiger partial charge in [0.2, 0.25) is 0 Å². The first-order chi connectivity index (χ1) is 16.4. The summed E-state index contributed by atoms with van der Waals surface area (Å²) in [5, 5.41) is 5.64. The van der Waals surface area contributed by atoms with E-state index in [0.717, 1.165) is 5.56 Å². The molecule has 0 spiro atoms. The molecule has 0 radical (unpaired) electrons. The lowest BCUT2D eigenvalue weighted by atomic mass is 9.91. The average Bonchev–Trinajstić information content (AvgIpc) is 3.08. The number of fused-ring (bicyclic) bond motifs is 1. The van der Waals surface area contributed by atoms with E-state index in [9.17, 15) is 14.4 Å². The summed E-state index contributed by atoms with van der Waals surface area (Å²) in [6.45, 7) is 2.67. The van der Waals surface area contributed by atoms with Gasteiger partial charge in [-0.3, -0.25) is 14.5 Å². The van der Waals surface area contributed by atoms with Crippen molar-refractivity contribution in [1.82, 2.24) is 10.2 Å². The summed E-state index contributed by atoms with van der Waals surface area (Å²) in [7, 11) is 0. The van der Waals surface area contributed by atoms with E-state index in [0.29, 0.717) is 41.5 Å². The number of rotatable bonds is 5. The Kier molecular flexibility index (Phi) is 5.41. The Morgan fingerprint density at radius 3 is 2.41 bits per heavy atom. The van der Waals surface area contributed by atoms with Gasteiger partial charge in [-0.25, -0.2) is 4.79 Å². The summed E-state index contributed by atoms with van der Waals surface area (Å²) in [5.74, 6) is 0.567. The summed E-state index contributed by atoms with van der Waals surface area (Å²) in [5.41, 5.74) is 1.31. The first-order valence-corrected chi connectivity index (χ1v) is 10.9. The van der Waals surface area contributed by atoms with Crippen LogP contribution < -0.4 is 20.1 Å². The maximum Gasteiger partial charge on any atom is 0.325 e. The number of anilines is 1. The Hall–Kier alpha value is -4.33. The molecule has 1 fully saturated rings. The number of hydrogen-bond acceptors (Lipinski definition) is 5. The van der Waals surface area contributed by atoms with Crippen LogP contribution in [-0.2, 0) is 16.9 Å². The average molecular weight is 457 g/mol. The largest absolute Gasteiger partial charge is 0.486 e. The summed E-state index contributed by atoms with van der Waals surface area (Å²) in [4.78, 5) is 39.7. The van der Waals surface area contributed by atoms with E-state index >= 15 is 0 Å². The molecule has 0 aliphatic carbocycles. The normalized spacial score (nSPS) is 19.0. The molecule has 2 heterocycles. The molecule has 0 unspecified atom stereocenters. The van der Waals surface area contributed by atoms with Gasteiger partial charge in [-0.15, -0.1) is 0 Å². The molecule has 8 heteroatoms. The lowest BCUT2D eigenvalue weighted by Crippen LogP contribution is -2.41. The molecule has 2 aliphatic rings. The Bertz CT molecular complexity index is 1260. The highest BCUT2D eigenvalue weighted by Crippen LogP contribution is 2.37. The zero-order valence-corrected chi connectivity index (χ0v) is 18.5. The molecule has 2 N–H and O–H groups in total. The molecule has 0 saturated carbocycles. The number of nitrogens with one attached hydrogen (secondary N) is 2. The molecule has 8 nitrogen and oxygen atoms in total. The molecule has 172 valence electrons. The second-order valence-electron chi connectivity index (χ2n) is 8.32. The standard InChI is InChI=1S/C26H23N3O5/c1-26(19-11-12-21-22(15-19)34-14-13-33-21)24(31)29(25(32)28-26)16-17-7-9-18(10-8-17)23(30)27-20-5-3-2-4-6-20/h2-12,15H,13-14,16H2,1H3,(H,27,30)(H,28,32)/t26-/m0/s1. The number of imide groups is 1. The molecule has 1 atom stereocenters. The Balaban J connectivity index is 1.30. The number of benzene rings is 3.